The minimum atomic E-state index is -0.985. The van der Waals surface area contributed by atoms with E-state index in [1.54, 1.807) is 24.3 Å². The van der Waals surface area contributed by atoms with E-state index in [1.807, 2.05) is 53.5 Å². The van der Waals surface area contributed by atoms with Gasteiger partial charge in [-0.25, -0.2) is 4.79 Å². The number of carbonyl (C=O) groups excluding carboxylic acids is 2. The van der Waals surface area contributed by atoms with Gasteiger partial charge in [0.2, 0.25) is 0 Å². The minimum absolute atomic E-state index is 0.0397. The normalized spacial score (nSPS) is 21.3. The summed E-state index contributed by atoms with van der Waals surface area (Å²) in [4.78, 5) is 30.6. The Morgan fingerprint density at radius 3 is 2.45 bits per heavy atom. The van der Waals surface area contributed by atoms with E-state index in [1.165, 1.54) is 5.56 Å². The van der Waals surface area contributed by atoms with Gasteiger partial charge >= 0.3 is 6.03 Å². The van der Waals surface area contributed by atoms with E-state index in [4.69, 9.17) is 25.8 Å². The third-order valence-corrected chi connectivity index (χ3v) is 11.3. The van der Waals surface area contributed by atoms with Crippen molar-refractivity contribution in [2.24, 2.45) is 0 Å². The molecule has 4 N–H and O–H groups in total. The predicted molar refractivity (Wildman–Crippen MR) is 211 cm³/mol. The number of fused-ring (bicyclic) bond motifs is 4. The molecule has 4 aliphatic rings. The number of aliphatic hydroxyl groups excluding tert-OH is 1. The first-order valence-electron chi connectivity index (χ1n) is 19.0. The molecule has 0 unspecified atom stereocenters. The number of urea groups is 1. The van der Waals surface area contributed by atoms with Gasteiger partial charge in [0.25, 0.3) is 5.91 Å². The Kier molecular flexibility index (Phi) is 11.1. The summed E-state index contributed by atoms with van der Waals surface area (Å²) in [5.74, 6) is 0.348. The second-order valence-electron chi connectivity index (χ2n) is 14.5. The van der Waals surface area contributed by atoms with Crippen LogP contribution >= 0.6 is 11.6 Å². The molecule has 3 fully saturated rings. The fraction of sp³-hybridized carbons (Fsp3) is 0.381. The molecule has 4 atom stereocenters. The second-order valence-corrected chi connectivity index (χ2v) is 14.9. The van der Waals surface area contributed by atoms with Crippen molar-refractivity contribution in [1.82, 2.24) is 20.5 Å². The van der Waals surface area contributed by atoms with E-state index in [2.05, 4.69) is 45.1 Å². The molecule has 8 rings (SSSR count). The van der Waals surface area contributed by atoms with Crippen molar-refractivity contribution in [3.8, 4) is 16.9 Å². The predicted octanol–water partition coefficient (Wildman–Crippen LogP) is 5.66. The smallest absolute Gasteiger partial charge is 0.315 e. The monoisotopic (exact) mass is 766 g/mol. The lowest BCUT2D eigenvalue weighted by atomic mass is 9.89. The number of nitrogens with one attached hydrogen (secondary N) is 3. The van der Waals surface area contributed by atoms with Gasteiger partial charge in [-0.05, 0) is 58.5 Å². The van der Waals surface area contributed by atoms with E-state index in [0.717, 1.165) is 67.2 Å². The first-order valence-corrected chi connectivity index (χ1v) is 19.4. The molecule has 12 nitrogen and oxygen atoms in total. The number of rotatable bonds is 10. The maximum atomic E-state index is 14.6. The van der Waals surface area contributed by atoms with Crippen LogP contribution in [-0.2, 0) is 27.4 Å². The minimum Gasteiger partial charge on any atom is -0.497 e. The Hall–Kier alpha value is -4.85. The number of nitrogens with zero attached hydrogens (tertiary/aromatic N) is 3. The highest BCUT2D eigenvalue weighted by atomic mass is 35.5. The Balaban J connectivity index is 1.00. The van der Waals surface area contributed by atoms with Crippen molar-refractivity contribution in [2.75, 3.05) is 63.4 Å². The summed E-state index contributed by atoms with van der Waals surface area (Å²) in [7, 11) is 1.59. The summed E-state index contributed by atoms with van der Waals surface area (Å²) < 4.78 is 16.9. The van der Waals surface area contributed by atoms with E-state index in [0.29, 0.717) is 41.5 Å². The highest BCUT2D eigenvalue weighted by molar-refractivity contribution is 6.33. The van der Waals surface area contributed by atoms with Crippen molar-refractivity contribution in [2.45, 2.75) is 50.2 Å². The van der Waals surface area contributed by atoms with Gasteiger partial charge in [-0.15, -0.1) is 0 Å². The first kappa shape index (κ1) is 37.1. The number of carbonyl (C=O) groups is 2. The number of hydrogen-bond acceptors (Lipinski definition) is 9. The topological polar surface area (TPSA) is 128 Å². The molecule has 0 saturated carbocycles. The van der Waals surface area contributed by atoms with Gasteiger partial charge in [0.1, 0.15) is 11.8 Å². The van der Waals surface area contributed by atoms with Crippen LogP contribution < -0.4 is 25.7 Å². The Morgan fingerprint density at radius 2 is 1.69 bits per heavy atom. The van der Waals surface area contributed by atoms with Gasteiger partial charge in [-0.1, -0.05) is 66.2 Å². The average molecular weight is 767 g/mol. The highest BCUT2D eigenvalue weighted by Crippen LogP contribution is 2.40. The van der Waals surface area contributed by atoms with Crippen molar-refractivity contribution < 1.29 is 28.9 Å². The molecule has 0 spiro atoms. The molecule has 0 aromatic heterocycles. The van der Waals surface area contributed by atoms with Crippen LogP contribution in [0.5, 0.6) is 5.75 Å². The van der Waals surface area contributed by atoms with Crippen molar-refractivity contribution in [3.63, 3.8) is 0 Å². The van der Waals surface area contributed by atoms with E-state index >= 15 is 0 Å². The molecule has 4 aromatic carbocycles. The number of methoxy groups -OCH3 is 1. The molecule has 0 aliphatic carbocycles. The fourth-order valence-electron chi connectivity index (χ4n) is 7.88. The van der Waals surface area contributed by atoms with Gasteiger partial charge in [0, 0.05) is 63.0 Å². The summed E-state index contributed by atoms with van der Waals surface area (Å²) in [6.07, 6.45) is 0.760. The zero-order valence-electron chi connectivity index (χ0n) is 30.9. The third kappa shape index (κ3) is 8.24. The molecule has 55 heavy (non-hydrogen) atoms. The van der Waals surface area contributed by atoms with Crippen LogP contribution in [0.15, 0.2) is 84.9 Å². The van der Waals surface area contributed by atoms with E-state index in [-0.39, 0.29) is 31.2 Å². The summed E-state index contributed by atoms with van der Waals surface area (Å²) in [6.45, 7) is 5.87. The van der Waals surface area contributed by atoms with Gasteiger partial charge in [-0.2, -0.15) is 0 Å². The second kappa shape index (κ2) is 16.5. The standard InChI is InChI=1S/C42H47ClN6O6/c1-53-32-12-13-34(43)37(22-32)48-15-2-16-49(48)41(51)40(31-10-8-30(9-11-31)29-6-3-27(4-7-29)25-47-17-19-54-20-18-47)46-42(52)44-24-28-5-14-35-33(21-28)39-23-36(45-35)38(50)26-55-39/h3-14,21-22,36,38-40,45,50H,2,15-20,23-26H2,1H3,(H2,44,46,52)/t36-,38-,39-,40+/m1/s1. The van der Waals surface area contributed by atoms with Gasteiger partial charge < -0.3 is 35.3 Å². The molecule has 4 heterocycles. The lowest BCUT2D eigenvalue weighted by Gasteiger charge is -2.40. The van der Waals surface area contributed by atoms with Gasteiger partial charge in [-0.3, -0.25) is 19.7 Å². The van der Waals surface area contributed by atoms with Crippen LogP contribution in [0.2, 0.25) is 5.02 Å². The SMILES string of the molecule is COc1ccc(Cl)c(N2CCCN2C(=O)[C@@H](NC(=O)NCc2ccc3c(c2)[C@H]2C[C@@H](N3)[C@H](O)CO2)c2ccc(-c3ccc(CN4CCOCC4)cc3)cc2)c1. The number of hydrazine groups is 1. The number of halogens is 1. The largest absolute Gasteiger partial charge is 0.497 e. The number of amides is 3. The number of benzene rings is 4. The third-order valence-electron chi connectivity index (χ3n) is 10.9. The van der Waals surface area contributed by atoms with Crippen molar-refractivity contribution in [1.29, 1.82) is 0 Å². The van der Waals surface area contributed by atoms with E-state index < -0.39 is 18.2 Å². The molecule has 4 aliphatic heterocycles. The zero-order valence-corrected chi connectivity index (χ0v) is 31.6. The number of morpholine rings is 1. The zero-order chi connectivity index (χ0) is 37.9. The quantitative estimate of drug-likeness (QED) is 0.162. The number of aliphatic hydroxyl groups is 1. The summed E-state index contributed by atoms with van der Waals surface area (Å²) in [5.41, 5.74) is 7.46. The molecule has 13 heteroatoms. The molecule has 0 radical (unpaired) electrons. The van der Waals surface area contributed by atoms with Crippen LogP contribution in [0.25, 0.3) is 11.1 Å². The number of anilines is 2. The molecular weight excluding hydrogens is 720 g/mol. The average Bonchev–Trinajstić information content (AvgIpc) is 3.71. The Labute approximate surface area is 326 Å². The highest BCUT2D eigenvalue weighted by Gasteiger charge is 2.37. The molecule has 3 saturated heterocycles. The maximum absolute atomic E-state index is 14.6. The molecule has 288 valence electrons. The summed E-state index contributed by atoms with van der Waals surface area (Å²) in [5, 5.41) is 23.6. The lowest BCUT2D eigenvalue weighted by molar-refractivity contribution is -0.132. The number of ether oxygens (including phenoxy) is 3. The summed E-state index contributed by atoms with van der Waals surface area (Å²) >= 11 is 6.65. The van der Waals surface area contributed by atoms with Crippen molar-refractivity contribution >= 4 is 34.9 Å². The van der Waals surface area contributed by atoms with Crippen molar-refractivity contribution in [3.05, 3.63) is 112 Å². The van der Waals surface area contributed by atoms with Crippen LogP contribution in [0.3, 0.4) is 0 Å². The lowest BCUT2D eigenvalue weighted by Crippen LogP contribution is -2.49. The summed E-state index contributed by atoms with van der Waals surface area (Å²) in [6, 6.07) is 26.1. The molecule has 2 bridgehead atoms. The maximum Gasteiger partial charge on any atom is 0.315 e. The Morgan fingerprint density at radius 1 is 0.945 bits per heavy atom. The van der Waals surface area contributed by atoms with Crippen LogP contribution in [0, 0.1) is 0 Å². The molecule has 4 aromatic rings. The van der Waals surface area contributed by atoms with Crippen LogP contribution in [0.1, 0.15) is 47.2 Å². The Bertz CT molecular complexity index is 1990. The molecular formula is C42H47ClN6O6. The molecule has 3 amide bonds. The fourth-order valence-corrected chi connectivity index (χ4v) is 8.09. The number of hydrogen-bond donors (Lipinski definition) is 4. The van der Waals surface area contributed by atoms with Crippen LogP contribution in [-0.4, -0.2) is 92.2 Å². The van der Waals surface area contributed by atoms with Gasteiger partial charge in [0.05, 0.1) is 55.9 Å². The van der Waals surface area contributed by atoms with Crippen LogP contribution in [0.4, 0.5) is 16.2 Å². The van der Waals surface area contributed by atoms with E-state index in [9.17, 15) is 14.7 Å². The first-order chi connectivity index (χ1) is 26.8. The van der Waals surface area contributed by atoms with Gasteiger partial charge in [0.15, 0.2) is 0 Å².